The molecule has 0 bridgehead atoms. The largest absolute Gasteiger partial charge is 0.383 e. The predicted octanol–water partition coefficient (Wildman–Crippen LogP) is 0.0782. The van der Waals surface area contributed by atoms with Gasteiger partial charge >= 0.3 is 0 Å². The SMILES string of the molecule is COCCNC(=O)c1nc2c(nnn2Cc2ccc(F)cc2)c(=O)[nH]1. The van der Waals surface area contributed by atoms with E-state index in [0.717, 1.165) is 5.56 Å². The second-order valence-corrected chi connectivity index (χ2v) is 5.21. The molecule has 0 fully saturated rings. The van der Waals surface area contributed by atoms with Crippen LogP contribution < -0.4 is 10.9 Å². The monoisotopic (exact) mass is 346 g/mol. The van der Waals surface area contributed by atoms with E-state index in [1.807, 2.05) is 0 Å². The van der Waals surface area contributed by atoms with Crippen molar-refractivity contribution in [2.75, 3.05) is 20.3 Å². The molecule has 0 radical (unpaired) electrons. The summed E-state index contributed by atoms with van der Waals surface area (Å²) in [6.45, 7) is 0.852. The van der Waals surface area contributed by atoms with Crippen LogP contribution in [0.4, 0.5) is 4.39 Å². The minimum absolute atomic E-state index is 0.0237. The Balaban J connectivity index is 1.91. The summed E-state index contributed by atoms with van der Waals surface area (Å²) in [5, 5.41) is 10.2. The Morgan fingerprint density at radius 3 is 2.84 bits per heavy atom. The lowest BCUT2D eigenvalue weighted by Crippen LogP contribution is -2.30. The predicted molar refractivity (Wildman–Crippen MR) is 85.7 cm³/mol. The smallest absolute Gasteiger partial charge is 0.287 e. The molecule has 0 aliphatic heterocycles. The summed E-state index contributed by atoms with van der Waals surface area (Å²) in [6, 6.07) is 5.83. The van der Waals surface area contributed by atoms with Crippen molar-refractivity contribution in [3.8, 4) is 0 Å². The molecule has 0 saturated carbocycles. The van der Waals surface area contributed by atoms with Crippen LogP contribution in [0.5, 0.6) is 0 Å². The normalized spacial score (nSPS) is 11.0. The van der Waals surface area contributed by atoms with E-state index >= 15 is 0 Å². The lowest BCUT2D eigenvalue weighted by atomic mass is 10.2. The van der Waals surface area contributed by atoms with Crippen LogP contribution in [0.3, 0.4) is 0 Å². The first-order chi connectivity index (χ1) is 12.1. The van der Waals surface area contributed by atoms with Gasteiger partial charge in [-0.3, -0.25) is 9.59 Å². The van der Waals surface area contributed by atoms with Crippen molar-refractivity contribution in [1.82, 2.24) is 30.3 Å². The first-order valence-electron chi connectivity index (χ1n) is 7.43. The molecule has 2 N–H and O–H groups in total. The lowest BCUT2D eigenvalue weighted by Gasteiger charge is -2.05. The minimum atomic E-state index is -0.563. The molecule has 0 unspecified atom stereocenters. The van der Waals surface area contributed by atoms with Gasteiger partial charge in [-0.25, -0.2) is 14.1 Å². The summed E-state index contributed by atoms with van der Waals surface area (Å²) in [5.41, 5.74) is 0.383. The van der Waals surface area contributed by atoms with E-state index in [4.69, 9.17) is 4.74 Å². The zero-order valence-electron chi connectivity index (χ0n) is 13.3. The molecule has 10 heteroatoms. The molecule has 2 aromatic heterocycles. The number of amides is 1. The maximum atomic E-state index is 13.0. The zero-order chi connectivity index (χ0) is 17.8. The van der Waals surface area contributed by atoms with Crippen molar-refractivity contribution in [3.63, 3.8) is 0 Å². The van der Waals surface area contributed by atoms with E-state index in [0.29, 0.717) is 6.61 Å². The maximum absolute atomic E-state index is 13.0. The second kappa shape index (κ2) is 7.18. The number of fused-ring (bicyclic) bond motifs is 1. The Bertz CT molecular complexity index is 950. The molecule has 130 valence electrons. The number of nitrogens with one attached hydrogen (secondary N) is 2. The average Bonchev–Trinajstić information content (AvgIpc) is 3.00. The van der Waals surface area contributed by atoms with E-state index in [9.17, 15) is 14.0 Å². The van der Waals surface area contributed by atoms with E-state index in [1.165, 1.54) is 23.9 Å². The van der Waals surface area contributed by atoms with Gasteiger partial charge in [-0.15, -0.1) is 5.10 Å². The first kappa shape index (κ1) is 16.7. The number of aromatic nitrogens is 5. The van der Waals surface area contributed by atoms with Gasteiger partial charge in [-0.05, 0) is 17.7 Å². The third kappa shape index (κ3) is 3.69. The third-order valence-corrected chi connectivity index (χ3v) is 3.43. The van der Waals surface area contributed by atoms with E-state index in [1.54, 1.807) is 12.1 Å². The van der Waals surface area contributed by atoms with Crippen LogP contribution in [0.2, 0.25) is 0 Å². The van der Waals surface area contributed by atoms with Crippen LogP contribution in [0.15, 0.2) is 29.1 Å². The highest BCUT2D eigenvalue weighted by Gasteiger charge is 2.16. The van der Waals surface area contributed by atoms with E-state index < -0.39 is 11.5 Å². The molecular weight excluding hydrogens is 331 g/mol. The fourth-order valence-electron chi connectivity index (χ4n) is 2.19. The number of carbonyl (C=O) groups is 1. The number of rotatable bonds is 6. The Morgan fingerprint density at radius 1 is 1.36 bits per heavy atom. The van der Waals surface area contributed by atoms with Gasteiger partial charge < -0.3 is 15.0 Å². The van der Waals surface area contributed by atoms with Gasteiger partial charge in [0, 0.05) is 13.7 Å². The van der Waals surface area contributed by atoms with Crippen LogP contribution >= 0.6 is 0 Å². The number of hydrogen-bond donors (Lipinski definition) is 2. The molecule has 3 aromatic rings. The fraction of sp³-hybridized carbons (Fsp3) is 0.267. The van der Waals surface area contributed by atoms with Crippen LogP contribution in [-0.2, 0) is 11.3 Å². The van der Waals surface area contributed by atoms with E-state index in [-0.39, 0.29) is 35.9 Å². The van der Waals surface area contributed by atoms with Crippen molar-refractivity contribution in [3.05, 3.63) is 51.8 Å². The molecule has 25 heavy (non-hydrogen) atoms. The summed E-state index contributed by atoms with van der Waals surface area (Å²) in [7, 11) is 1.51. The first-order valence-corrected chi connectivity index (χ1v) is 7.43. The molecule has 3 rings (SSSR count). The van der Waals surface area contributed by atoms with Crippen LogP contribution in [0.25, 0.3) is 11.2 Å². The number of nitrogens with zero attached hydrogens (tertiary/aromatic N) is 4. The van der Waals surface area contributed by atoms with Gasteiger partial charge in [0.05, 0.1) is 13.2 Å². The average molecular weight is 346 g/mol. The van der Waals surface area contributed by atoms with Crippen molar-refractivity contribution < 1.29 is 13.9 Å². The van der Waals surface area contributed by atoms with Gasteiger partial charge in [0.15, 0.2) is 11.2 Å². The molecular formula is C15H15FN6O3. The van der Waals surface area contributed by atoms with Crippen LogP contribution in [0, 0.1) is 5.82 Å². The molecule has 0 saturated heterocycles. The Morgan fingerprint density at radius 2 is 2.12 bits per heavy atom. The standard InChI is InChI=1S/C15H15FN6O3/c1-25-7-6-17-15(24)12-18-13-11(14(23)19-12)20-21-22(13)8-9-2-4-10(16)5-3-9/h2-5H,6-8H2,1H3,(H,17,24)(H,18,19,23). The molecule has 2 heterocycles. The van der Waals surface area contributed by atoms with Gasteiger partial charge in [0.25, 0.3) is 11.5 Å². The van der Waals surface area contributed by atoms with Gasteiger partial charge in [-0.2, -0.15) is 0 Å². The quantitative estimate of drug-likeness (QED) is 0.611. The van der Waals surface area contributed by atoms with Crippen LogP contribution in [0.1, 0.15) is 16.2 Å². The number of halogens is 1. The summed E-state index contributed by atoms with van der Waals surface area (Å²) >= 11 is 0. The van der Waals surface area contributed by atoms with Crippen molar-refractivity contribution in [2.24, 2.45) is 0 Å². The highest BCUT2D eigenvalue weighted by molar-refractivity contribution is 5.91. The highest BCUT2D eigenvalue weighted by Crippen LogP contribution is 2.09. The molecule has 1 aromatic carbocycles. The highest BCUT2D eigenvalue weighted by atomic mass is 19.1. The summed E-state index contributed by atoms with van der Waals surface area (Å²) in [4.78, 5) is 30.7. The third-order valence-electron chi connectivity index (χ3n) is 3.43. The summed E-state index contributed by atoms with van der Waals surface area (Å²) in [6.07, 6.45) is 0. The lowest BCUT2D eigenvalue weighted by molar-refractivity contribution is 0.0926. The number of ether oxygens (including phenoxy) is 1. The molecule has 0 spiro atoms. The Hall–Kier alpha value is -3.14. The van der Waals surface area contributed by atoms with Crippen molar-refractivity contribution in [1.29, 1.82) is 0 Å². The van der Waals surface area contributed by atoms with Gasteiger partial charge in [-0.1, -0.05) is 17.3 Å². The Kier molecular flexibility index (Phi) is 4.80. The molecule has 0 aliphatic rings. The number of aromatic amines is 1. The van der Waals surface area contributed by atoms with Crippen molar-refractivity contribution >= 4 is 17.1 Å². The molecule has 1 amide bonds. The number of methoxy groups -OCH3 is 1. The van der Waals surface area contributed by atoms with E-state index in [2.05, 4.69) is 25.6 Å². The fourth-order valence-corrected chi connectivity index (χ4v) is 2.19. The molecule has 0 aliphatic carbocycles. The zero-order valence-corrected chi connectivity index (χ0v) is 13.3. The Labute approximate surface area is 140 Å². The number of benzene rings is 1. The molecule has 9 nitrogen and oxygen atoms in total. The second-order valence-electron chi connectivity index (χ2n) is 5.21. The van der Waals surface area contributed by atoms with Crippen LogP contribution in [-0.4, -0.2) is 51.1 Å². The number of carbonyl (C=O) groups excluding carboxylic acids is 1. The maximum Gasteiger partial charge on any atom is 0.287 e. The summed E-state index contributed by atoms with van der Waals surface area (Å²) in [5.74, 6) is -1.03. The number of H-pyrrole nitrogens is 1. The van der Waals surface area contributed by atoms with Crippen molar-refractivity contribution in [2.45, 2.75) is 6.54 Å². The number of hydrogen-bond acceptors (Lipinski definition) is 6. The minimum Gasteiger partial charge on any atom is -0.383 e. The van der Waals surface area contributed by atoms with Gasteiger partial charge in [0.1, 0.15) is 5.82 Å². The summed E-state index contributed by atoms with van der Waals surface area (Å²) < 4.78 is 19.2. The molecule has 0 atom stereocenters. The van der Waals surface area contributed by atoms with Gasteiger partial charge in [0.2, 0.25) is 5.82 Å². The topological polar surface area (TPSA) is 115 Å².